The molecule has 5 unspecified atom stereocenters. The molecule has 2 aliphatic rings. The van der Waals surface area contributed by atoms with E-state index in [0.29, 0.717) is 23.7 Å². The van der Waals surface area contributed by atoms with Gasteiger partial charge in [-0.15, -0.1) is 0 Å². The lowest BCUT2D eigenvalue weighted by molar-refractivity contribution is -0.167. The maximum Gasteiger partial charge on any atom is 0.0662 e. The molecular formula is C16H31NO. The highest BCUT2D eigenvalue weighted by atomic mass is 16.5. The lowest BCUT2D eigenvalue weighted by Crippen LogP contribution is -2.61. The third kappa shape index (κ3) is 2.60. The van der Waals surface area contributed by atoms with Crippen LogP contribution in [0.2, 0.25) is 0 Å². The molecule has 0 amide bonds. The van der Waals surface area contributed by atoms with Gasteiger partial charge in [-0.05, 0) is 43.4 Å². The van der Waals surface area contributed by atoms with Crippen molar-refractivity contribution >= 4 is 0 Å². The molecule has 0 heterocycles. The van der Waals surface area contributed by atoms with E-state index in [1.807, 2.05) is 0 Å². The summed E-state index contributed by atoms with van der Waals surface area (Å²) in [5.74, 6) is 0.792. The SMILES string of the molecule is CCC1(C)C(N)CC1OC1CC(C)CC(C)(C)C1. The summed E-state index contributed by atoms with van der Waals surface area (Å²) < 4.78 is 6.43. The zero-order chi connectivity index (χ0) is 13.6. The van der Waals surface area contributed by atoms with Crippen LogP contribution in [0.3, 0.4) is 0 Å². The molecule has 2 rings (SSSR count). The van der Waals surface area contributed by atoms with E-state index in [2.05, 4.69) is 34.6 Å². The van der Waals surface area contributed by atoms with Gasteiger partial charge in [0.1, 0.15) is 0 Å². The minimum absolute atomic E-state index is 0.213. The molecule has 0 spiro atoms. The molecule has 0 saturated heterocycles. The smallest absolute Gasteiger partial charge is 0.0662 e. The van der Waals surface area contributed by atoms with Gasteiger partial charge in [-0.3, -0.25) is 0 Å². The van der Waals surface area contributed by atoms with Gasteiger partial charge in [0.25, 0.3) is 0 Å². The molecule has 0 aromatic carbocycles. The number of nitrogens with two attached hydrogens (primary N) is 1. The Kier molecular flexibility index (Phi) is 3.81. The Labute approximate surface area is 113 Å². The lowest BCUT2D eigenvalue weighted by Gasteiger charge is -2.54. The Morgan fingerprint density at radius 3 is 2.33 bits per heavy atom. The monoisotopic (exact) mass is 253 g/mol. The molecule has 106 valence electrons. The molecular weight excluding hydrogens is 222 g/mol. The third-order valence-corrected chi connectivity index (χ3v) is 5.52. The van der Waals surface area contributed by atoms with Gasteiger partial charge in [-0.1, -0.05) is 34.6 Å². The number of rotatable bonds is 3. The molecule has 0 aromatic rings. The van der Waals surface area contributed by atoms with Crippen LogP contribution in [0.4, 0.5) is 0 Å². The first-order chi connectivity index (χ1) is 8.27. The van der Waals surface area contributed by atoms with Gasteiger partial charge in [-0.25, -0.2) is 0 Å². The van der Waals surface area contributed by atoms with Crippen molar-refractivity contribution in [1.82, 2.24) is 0 Å². The first kappa shape index (κ1) is 14.3. The predicted octanol–water partition coefficient (Wildman–Crippen LogP) is 3.73. The van der Waals surface area contributed by atoms with Crippen molar-refractivity contribution in [1.29, 1.82) is 0 Å². The Hall–Kier alpha value is -0.0800. The van der Waals surface area contributed by atoms with E-state index in [-0.39, 0.29) is 5.41 Å². The summed E-state index contributed by atoms with van der Waals surface area (Å²) in [6.45, 7) is 11.7. The molecule has 2 saturated carbocycles. The number of hydrogen-bond acceptors (Lipinski definition) is 2. The maximum atomic E-state index is 6.43. The number of ether oxygens (including phenoxy) is 1. The fourth-order valence-electron chi connectivity index (χ4n) is 4.14. The molecule has 2 nitrogen and oxygen atoms in total. The van der Waals surface area contributed by atoms with E-state index in [4.69, 9.17) is 10.5 Å². The van der Waals surface area contributed by atoms with Crippen LogP contribution in [0.15, 0.2) is 0 Å². The summed E-state index contributed by atoms with van der Waals surface area (Å²) in [6.07, 6.45) is 6.80. The zero-order valence-corrected chi connectivity index (χ0v) is 12.8. The van der Waals surface area contributed by atoms with Crippen molar-refractivity contribution in [3.05, 3.63) is 0 Å². The summed E-state index contributed by atoms with van der Waals surface area (Å²) >= 11 is 0. The predicted molar refractivity (Wildman–Crippen MR) is 76.4 cm³/mol. The van der Waals surface area contributed by atoms with E-state index in [1.54, 1.807) is 0 Å². The van der Waals surface area contributed by atoms with Crippen molar-refractivity contribution in [3.8, 4) is 0 Å². The summed E-state index contributed by atoms with van der Waals surface area (Å²) in [4.78, 5) is 0. The van der Waals surface area contributed by atoms with Gasteiger partial charge in [0.15, 0.2) is 0 Å². The highest BCUT2D eigenvalue weighted by Crippen LogP contribution is 2.47. The summed E-state index contributed by atoms with van der Waals surface area (Å²) in [5, 5.41) is 0. The van der Waals surface area contributed by atoms with E-state index in [9.17, 15) is 0 Å². The van der Waals surface area contributed by atoms with Crippen LogP contribution < -0.4 is 5.73 Å². The molecule has 2 fully saturated rings. The Balaban J connectivity index is 1.94. The molecule has 0 aliphatic heterocycles. The maximum absolute atomic E-state index is 6.43. The zero-order valence-electron chi connectivity index (χ0n) is 12.8. The van der Waals surface area contributed by atoms with Crippen LogP contribution in [0.25, 0.3) is 0 Å². The molecule has 5 atom stereocenters. The van der Waals surface area contributed by atoms with Crippen LogP contribution in [-0.2, 0) is 4.74 Å². The largest absolute Gasteiger partial charge is 0.374 e. The van der Waals surface area contributed by atoms with Crippen molar-refractivity contribution in [2.45, 2.75) is 85.0 Å². The lowest BCUT2D eigenvalue weighted by atomic mass is 9.61. The molecule has 2 N–H and O–H groups in total. The topological polar surface area (TPSA) is 35.2 Å². The fourth-order valence-corrected chi connectivity index (χ4v) is 4.14. The Bertz CT molecular complexity index is 301. The quantitative estimate of drug-likeness (QED) is 0.831. The second-order valence-corrected chi connectivity index (χ2v) is 7.86. The van der Waals surface area contributed by atoms with E-state index in [1.165, 1.54) is 19.3 Å². The van der Waals surface area contributed by atoms with Gasteiger partial charge in [0.2, 0.25) is 0 Å². The van der Waals surface area contributed by atoms with E-state index in [0.717, 1.165) is 18.8 Å². The molecule has 0 bridgehead atoms. The van der Waals surface area contributed by atoms with Crippen molar-refractivity contribution < 1.29 is 4.74 Å². The van der Waals surface area contributed by atoms with E-state index < -0.39 is 0 Å². The minimum Gasteiger partial charge on any atom is -0.374 e. The standard InChI is InChI=1S/C16H31NO/c1-6-16(5)13(17)8-14(16)18-12-7-11(2)9-15(3,4)10-12/h11-14H,6-10,17H2,1-5H3. The van der Waals surface area contributed by atoms with Gasteiger partial charge >= 0.3 is 0 Å². The Morgan fingerprint density at radius 2 is 1.83 bits per heavy atom. The average Bonchev–Trinajstić information content (AvgIpc) is 2.24. The third-order valence-electron chi connectivity index (χ3n) is 5.52. The fraction of sp³-hybridized carbons (Fsp3) is 1.00. The van der Waals surface area contributed by atoms with Crippen LogP contribution >= 0.6 is 0 Å². The molecule has 0 aromatic heterocycles. The van der Waals surface area contributed by atoms with Gasteiger partial charge in [-0.2, -0.15) is 0 Å². The molecule has 2 aliphatic carbocycles. The molecule has 0 radical (unpaired) electrons. The highest BCUT2D eigenvalue weighted by Gasteiger charge is 2.50. The second kappa shape index (κ2) is 4.79. The van der Waals surface area contributed by atoms with Crippen LogP contribution in [-0.4, -0.2) is 18.2 Å². The van der Waals surface area contributed by atoms with Crippen molar-refractivity contribution in [2.24, 2.45) is 22.5 Å². The van der Waals surface area contributed by atoms with Crippen LogP contribution in [0.1, 0.15) is 66.7 Å². The number of hydrogen-bond donors (Lipinski definition) is 1. The molecule has 2 heteroatoms. The van der Waals surface area contributed by atoms with Crippen LogP contribution in [0.5, 0.6) is 0 Å². The summed E-state index contributed by atoms with van der Waals surface area (Å²) in [6, 6.07) is 0.335. The van der Waals surface area contributed by atoms with Gasteiger partial charge in [0, 0.05) is 11.5 Å². The van der Waals surface area contributed by atoms with Crippen molar-refractivity contribution in [2.75, 3.05) is 0 Å². The first-order valence-corrected chi connectivity index (χ1v) is 7.68. The first-order valence-electron chi connectivity index (χ1n) is 7.68. The molecule has 18 heavy (non-hydrogen) atoms. The van der Waals surface area contributed by atoms with Crippen LogP contribution in [0, 0.1) is 16.7 Å². The average molecular weight is 253 g/mol. The van der Waals surface area contributed by atoms with Gasteiger partial charge in [0.05, 0.1) is 12.2 Å². The van der Waals surface area contributed by atoms with Gasteiger partial charge < -0.3 is 10.5 Å². The van der Waals surface area contributed by atoms with E-state index >= 15 is 0 Å². The normalized spacial score (nSPS) is 47.7. The minimum atomic E-state index is 0.213. The van der Waals surface area contributed by atoms with Crippen molar-refractivity contribution in [3.63, 3.8) is 0 Å². The second-order valence-electron chi connectivity index (χ2n) is 7.86. The Morgan fingerprint density at radius 1 is 1.17 bits per heavy atom. The highest BCUT2D eigenvalue weighted by molar-refractivity contribution is 5.03. The summed E-state index contributed by atoms with van der Waals surface area (Å²) in [5.41, 5.74) is 6.82. The summed E-state index contributed by atoms with van der Waals surface area (Å²) in [7, 11) is 0.